The van der Waals surface area contributed by atoms with Crippen LogP contribution in [0.15, 0.2) is 71.6 Å². The largest absolute Gasteiger partial charge is 0.491 e. The molecule has 0 atom stereocenters. The molecule has 7 nitrogen and oxygen atoms in total. The van der Waals surface area contributed by atoms with Crippen molar-refractivity contribution < 1.29 is 23.9 Å². The Kier molecular flexibility index (Phi) is 9.09. The first kappa shape index (κ1) is 28.0. The molecule has 1 aliphatic rings. The molecule has 4 rings (SSSR count). The van der Waals surface area contributed by atoms with Crippen LogP contribution in [-0.4, -0.2) is 41.7 Å². The van der Waals surface area contributed by atoms with E-state index >= 15 is 0 Å². The third kappa shape index (κ3) is 7.51. The molecular weight excluding hydrogens is 512 g/mol. The molecule has 0 unspecified atom stereocenters. The molecule has 1 aliphatic heterocycles. The average Bonchev–Trinajstić information content (AvgIpc) is 3.16. The summed E-state index contributed by atoms with van der Waals surface area (Å²) in [7, 11) is 0. The van der Waals surface area contributed by atoms with Gasteiger partial charge in [0.15, 0.2) is 6.61 Å². The Morgan fingerprint density at radius 2 is 1.72 bits per heavy atom. The Morgan fingerprint density at radius 3 is 2.46 bits per heavy atom. The molecule has 1 saturated heterocycles. The third-order valence-electron chi connectivity index (χ3n) is 6.10. The van der Waals surface area contributed by atoms with E-state index in [9.17, 15) is 14.4 Å². The number of carbonyl (C=O) groups excluding carboxylic acids is 3. The number of rotatable bonds is 10. The first-order valence-corrected chi connectivity index (χ1v) is 13.6. The highest BCUT2D eigenvalue weighted by Crippen LogP contribution is 2.33. The Bertz CT molecular complexity index is 1400. The van der Waals surface area contributed by atoms with E-state index in [1.54, 1.807) is 24.3 Å². The quantitative estimate of drug-likeness (QED) is 0.291. The highest BCUT2D eigenvalue weighted by Gasteiger charge is 2.34. The Hall–Kier alpha value is -4.04. The van der Waals surface area contributed by atoms with Gasteiger partial charge in [-0.2, -0.15) is 0 Å². The van der Waals surface area contributed by atoms with Crippen molar-refractivity contribution in [1.29, 1.82) is 0 Å². The molecule has 8 heteroatoms. The van der Waals surface area contributed by atoms with Crippen molar-refractivity contribution in [1.82, 2.24) is 4.90 Å². The van der Waals surface area contributed by atoms with Crippen molar-refractivity contribution >= 4 is 40.6 Å². The van der Waals surface area contributed by atoms with Gasteiger partial charge in [-0.15, -0.1) is 0 Å². The van der Waals surface area contributed by atoms with Crippen molar-refractivity contribution in [3.05, 3.63) is 93.9 Å². The topological polar surface area (TPSA) is 84.9 Å². The predicted octanol–water partition coefficient (Wildman–Crippen LogP) is 6.56. The average molecular weight is 545 g/mol. The molecule has 1 fully saturated rings. The SMILES string of the molecule is Cc1ccc(NC(=O)COc2cccc(/C=C3\SC(=O)N(CCOc4cc(C)ccc4C(C)C)C3=O)c2)cc1. The number of benzene rings is 3. The summed E-state index contributed by atoms with van der Waals surface area (Å²) in [5, 5.41) is 2.46. The van der Waals surface area contributed by atoms with Gasteiger partial charge in [-0.25, -0.2) is 0 Å². The maximum absolute atomic E-state index is 13.0. The maximum atomic E-state index is 13.0. The number of nitrogens with zero attached hydrogens (tertiary/aromatic N) is 1. The summed E-state index contributed by atoms with van der Waals surface area (Å²) in [5.74, 6) is 0.916. The van der Waals surface area contributed by atoms with Gasteiger partial charge in [-0.05, 0) is 84.6 Å². The smallest absolute Gasteiger partial charge is 0.293 e. The standard InChI is InChI=1S/C31H32N2O5S/c1-20(2)26-13-10-22(4)16-27(26)37-15-14-33-30(35)28(39-31(33)36)18-23-6-5-7-25(17-23)38-19-29(34)32-24-11-8-21(3)9-12-24/h5-13,16-18,20H,14-15,19H2,1-4H3,(H,32,34)/b28-18-. The highest BCUT2D eigenvalue weighted by molar-refractivity contribution is 8.18. The van der Waals surface area contributed by atoms with Crippen LogP contribution >= 0.6 is 11.8 Å². The minimum Gasteiger partial charge on any atom is -0.491 e. The molecule has 1 heterocycles. The Balaban J connectivity index is 1.33. The van der Waals surface area contributed by atoms with Crippen molar-refractivity contribution in [2.45, 2.75) is 33.6 Å². The zero-order valence-corrected chi connectivity index (χ0v) is 23.3. The number of imide groups is 1. The summed E-state index contributed by atoms with van der Waals surface area (Å²) in [6, 6.07) is 20.6. The van der Waals surface area contributed by atoms with Gasteiger partial charge in [0.2, 0.25) is 0 Å². The molecule has 0 bridgehead atoms. The van der Waals surface area contributed by atoms with Crippen LogP contribution < -0.4 is 14.8 Å². The van der Waals surface area contributed by atoms with E-state index in [-0.39, 0.29) is 36.8 Å². The minimum atomic E-state index is -0.356. The van der Waals surface area contributed by atoms with E-state index in [0.29, 0.717) is 27.8 Å². The van der Waals surface area contributed by atoms with Crippen LogP contribution in [-0.2, 0) is 9.59 Å². The summed E-state index contributed by atoms with van der Waals surface area (Å²) < 4.78 is 11.6. The Morgan fingerprint density at radius 1 is 0.974 bits per heavy atom. The zero-order chi connectivity index (χ0) is 27.9. The van der Waals surface area contributed by atoms with Gasteiger partial charge in [-0.3, -0.25) is 19.3 Å². The van der Waals surface area contributed by atoms with E-state index < -0.39 is 0 Å². The number of ether oxygens (including phenoxy) is 2. The minimum absolute atomic E-state index is 0.159. The Labute approximate surface area is 233 Å². The van der Waals surface area contributed by atoms with Crippen molar-refractivity contribution in [2.75, 3.05) is 25.1 Å². The number of hydrogen-bond acceptors (Lipinski definition) is 6. The number of amides is 3. The number of carbonyl (C=O) groups is 3. The highest BCUT2D eigenvalue weighted by atomic mass is 32.2. The molecule has 1 N–H and O–H groups in total. The molecule has 202 valence electrons. The first-order valence-electron chi connectivity index (χ1n) is 12.8. The van der Waals surface area contributed by atoms with Crippen LogP contribution in [0.25, 0.3) is 6.08 Å². The molecular formula is C31H32N2O5S. The molecule has 39 heavy (non-hydrogen) atoms. The second kappa shape index (κ2) is 12.7. The molecule has 0 aliphatic carbocycles. The maximum Gasteiger partial charge on any atom is 0.293 e. The third-order valence-corrected chi connectivity index (χ3v) is 7.01. The van der Waals surface area contributed by atoms with Crippen LogP contribution in [0.3, 0.4) is 0 Å². The van der Waals surface area contributed by atoms with Crippen LogP contribution in [0, 0.1) is 13.8 Å². The molecule has 3 aromatic rings. The lowest BCUT2D eigenvalue weighted by atomic mass is 10.0. The summed E-state index contributed by atoms with van der Waals surface area (Å²) in [4.78, 5) is 39.3. The predicted molar refractivity (Wildman–Crippen MR) is 155 cm³/mol. The second-order valence-corrected chi connectivity index (χ2v) is 10.6. The summed E-state index contributed by atoms with van der Waals surface area (Å²) in [6.45, 7) is 8.38. The van der Waals surface area contributed by atoms with E-state index in [0.717, 1.165) is 34.2 Å². The molecule has 3 amide bonds. The fourth-order valence-corrected chi connectivity index (χ4v) is 4.88. The van der Waals surface area contributed by atoms with Crippen LogP contribution in [0.2, 0.25) is 0 Å². The molecule has 0 aromatic heterocycles. The molecule has 0 radical (unpaired) electrons. The molecule has 0 saturated carbocycles. The van der Waals surface area contributed by atoms with Crippen LogP contribution in [0.5, 0.6) is 11.5 Å². The van der Waals surface area contributed by atoms with Crippen molar-refractivity contribution in [2.24, 2.45) is 0 Å². The first-order chi connectivity index (χ1) is 18.7. The number of thioether (sulfide) groups is 1. The van der Waals surface area contributed by atoms with Gasteiger partial charge < -0.3 is 14.8 Å². The van der Waals surface area contributed by atoms with Gasteiger partial charge >= 0.3 is 0 Å². The van der Waals surface area contributed by atoms with Gasteiger partial charge in [0.05, 0.1) is 11.4 Å². The molecule has 0 spiro atoms. The van der Waals surface area contributed by atoms with Gasteiger partial charge in [0, 0.05) is 5.69 Å². The normalized spacial score (nSPS) is 14.3. The lowest BCUT2D eigenvalue weighted by Gasteiger charge is -2.17. The van der Waals surface area contributed by atoms with Crippen molar-refractivity contribution in [3.63, 3.8) is 0 Å². The summed E-state index contributed by atoms with van der Waals surface area (Å²) in [5.41, 5.74) is 4.67. The van der Waals surface area contributed by atoms with Crippen LogP contribution in [0.4, 0.5) is 10.5 Å². The van der Waals surface area contributed by atoms with Gasteiger partial charge in [-0.1, -0.05) is 55.8 Å². The van der Waals surface area contributed by atoms with Gasteiger partial charge in [0.25, 0.3) is 17.1 Å². The van der Waals surface area contributed by atoms with E-state index in [4.69, 9.17) is 9.47 Å². The fraction of sp³-hybridized carbons (Fsp3) is 0.258. The fourth-order valence-electron chi connectivity index (χ4n) is 4.01. The van der Waals surface area contributed by atoms with E-state index in [2.05, 4.69) is 19.2 Å². The summed E-state index contributed by atoms with van der Waals surface area (Å²) >= 11 is 0.898. The molecule has 3 aromatic carbocycles. The van der Waals surface area contributed by atoms with Crippen molar-refractivity contribution in [3.8, 4) is 11.5 Å². The van der Waals surface area contributed by atoms with E-state index in [1.165, 1.54) is 4.90 Å². The zero-order valence-electron chi connectivity index (χ0n) is 22.5. The number of aryl methyl sites for hydroxylation is 2. The summed E-state index contributed by atoms with van der Waals surface area (Å²) in [6.07, 6.45) is 1.66. The number of anilines is 1. The number of nitrogens with one attached hydrogen (secondary N) is 1. The lowest BCUT2D eigenvalue weighted by molar-refractivity contribution is -0.123. The lowest BCUT2D eigenvalue weighted by Crippen LogP contribution is -2.32. The van der Waals surface area contributed by atoms with Crippen LogP contribution in [0.1, 0.15) is 42.0 Å². The second-order valence-electron chi connectivity index (χ2n) is 9.65. The van der Waals surface area contributed by atoms with Gasteiger partial charge in [0.1, 0.15) is 18.1 Å². The van der Waals surface area contributed by atoms with E-state index in [1.807, 2.05) is 62.4 Å². The monoisotopic (exact) mass is 544 g/mol. The number of hydrogen-bond donors (Lipinski definition) is 1.